The lowest BCUT2D eigenvalue weighted by atomic mass is 9.90. The summed E-state index contributed by atoms with van der Waals surface area (Å²) in [4.78, 5) is 19.5. The number of carbonyl (C=O) groups excluding carboxylic acids is 1. The van der Waals surface area contributed by atoms with Crippen molar-refractivity contribution in [1.82, 2.24) is 9.97 Å². The summed E-state index contributed by atoms with van der Waals surface area (Å²) in [7, 11) is 0. The van der Waals surface area contributed by atoms with Crippen LogP contribution < -0.4 is 4.74 Å². The fourth-order valence-corrected chi connectivity index (χ4v) is 3.13. The molecule has 1 atom stereocenters. The third-order valence-electron chi connectivity index (χ3n) is 4.66. The Morgan fingerprint density at radius 3 is 2.82 bits per heavy atom. The average molecular weight is 296 g/mol. The quantitative estimate of drug-likeness (QED) is 0.862. The molecule has 1 aromatic heterocycles. The van der Waals surface area contributed by atoms with Crippen molar-refractivity contribution in [2.45, 2.75) is 32.1 Å². The number of Topliss-reactive ketones (excluding diaryl/α,β-unsaturated/α-hetero) is 1. The highest BCUT2D eigenvalue weighted by Crippen LogP contribution is 2.33. The molecule has 0 bridgehead atoms. The van der Waals surface area contributed by atoms with Gasteiger partial charge in [-0.1, -0.05) is 0 Å². The number of rotatable bonds is 5. The van der Waals surface area contributed by atoms with Crippen molar-refractivity contribution in [1.29, 1.82) is 0 Å². The molecule has 4 heteroatoms. The fourth-order valence-electron chi connectivity index (χ4n) is 3.13. The second-order valence-electron chi connectivity index (χ2n) is 6.41. The van der Waals surface area contributed by atoms with Crippen molar-refractivity contribution in [3.8, 4) is 5.75 Å². The second kappa shape index (κ2) is 5.59. The van der Waals surface area contributed by atoms with Gasteiger partial charge in [-0.15, -0.1) is 0 Å². The highest BCUT2D eigenvalue weighted by molar-refractivity contribution is 5.99. The maximum absolute atomic E-state index is 12.0. The maximum atomic E-state index is 12.0. The van der Waals surface area contributed by atoms with Crippen LogP contribution in [0.5, 0.6) is 5.75 Å². The molecule has 114 valence electrons. The van der Waals surface area contributed by atoms with E-state index >= 15 is 0 Å². The topological polar surface area (TPSA) is 55.0 Å². The monoisotopic (exact) mass is 296 g/mol. The lowest BCUT2D eigenvalue weighted by molar-refractivity contribution is 0.0967. The first-order valence-corrected chi connectivity index (χ1v) is 8.08. The number of hydrogen-bond acceptors (Lipinski definition) is 3. The SMILES string of the molecule is O=C(c1ccc(OCC2CCc3nc[nH]c3C2)cc1)C1CC1. The molecule has 1 N–H and O–H groups in total. The van der Waals surface area contributed by atoms with Gasteiger partial charge in [-0.25, -0.2) is 4.98 Å². The van der Waals surface area contributed by atoms with Gasteiger partial charge in [-0.3, -0.25) is 4.79 Å². The Morgan fingerprint density at radius 2 is 2.05 bits per heavy atom. The van der Waals surface area contributed by atoms with E-state index in [1.165, 1.54) is 11.4 Å². The Labute approximate surface area is 129 Å². The molecule has 0 amide bonds. The van der Waals surface area contributed by atoms with Crippen molar-refractivity contribution in [3.05, 3.63) is 47.5 Å². The summed E-state index contributed by atoms with van der Waals surface area (Å²) in [6.45, 7) is 0.717. The van der Waals surface area contributed by atoms with E-state index in [-0.39, 0.29) is 11.7 Å². The van der Waals surface area contributed by atoms with E-state index in [1.807, 2.05) is 24.3 Å². The summed E-state index contributed by atoms with van der Waals surface area (Å²) < 4.78 is 5.90. The van der Waals surface area contributed by atoms with Gasteiger partial charge >= 0.3 is 0 Å². The number of aryl methyl sites for hydroxylation is 1. The van der Waals surface area contributed by atoms with Gasteiger partial charge in [0.1, 0.15) is 5.75 Å². The highest BCUT2D eigenvalue weighted by atomic mass is 16.5. The molecule has 0 aliphatic heterocycles. The molecule has 0 spiro atoms. The van der Waals surface area contributed by atoms with Crippen LogP contribution in [0.2, 0.25) is 0 Å². The van der Waals surface area contributed by atoms with Crippen molar-refractivity contribution in [2.24, 2.45) is 11.8 Å². The van der Waals surface area contributed by atoms with E-state index in [0.29, 0.717) is 12.5 Å². The van der Waals surface area contributed by atoms with Gasteiger partial charge in [0.05, 0.1) is 18.6 Å². The van der Waals surface area contributed by atoms with Gasteiger partial charge in [0, 0.05) is 17.2 Å². The Bertz CT molecular complexity index is 671. The molecule has 4 nitrogen and oxygen atoms in total. The predicted molar refractivity (Wildman–Crippen MR) is 83.1 cm³/mol. The van der Waals surface area contributed by atoms with Gasteiger partial charge in [0.25, 0.3) is 0 Å². The largest absolute Gasteiger partial charge is 0.493 e. The van der Waals surface area contributed by atoms with Crippen LogP contribution in [0.4, 0.5) is 0 Å². The van der Waals surface area contributed by atoms with Gasteiger partial charge in [-0.2, -0.15) is 0 Å². The summed E-state index contributed by atoms with van der Waals surface area (Å²) in [6.07, 6.45) is 7.04. The van der Waals surface area contributed by atoms with E-state index in [4.69, 9.17) is 4.74 Å². The van der Waals surface area contributed by atoms with Crippen LogP contribution in [0.25, 0.3) is 0 Å². The smallest absolute Gasteiger partial charge is 0.165 e. The molecule has 2 aliphatic rings. The minimum atomic E-state index is 0.276. The van der Waals surface area contributed by atoms with E-state index in [0.717, 1.165) is 43.4 Å². The Balaban J connectivity index is 1.33. The van der Waals surface area contributed by atoms with Gasteiger partial charge in [0.15, 0.2) is 5.78 Å². The van der Waals surface area contributed by atoms with Crippen molar-refractivity contribution >= 4 is 5.78 Å². The van der Waals surface area contributed by atoms with E-state index in [2.05, 4.69) is 9.97 Å². The standard InChI is InChI=1S/C18H20N2O2/c21-18(13-2-3-13)14-4-6-15(7-5-14)22-10-12-1-8-16-17(9-12)20-11-19-16/h4-7,11-13H,1-3,8-10H2,(H,19,20). The van der Waals surface area contributed by atoms with Gasteiger partial charge < -0.3 is 9.72 Å². The van der Waals surface area contributed by atoms with Crippen LogP contribution in [0.3, 0.4) is 0 Å². The fraction of sp³-hybridized carbons (Fsp3) is 0.444. The molecule has 2 aliphatic carbocycles. The number of nitrogens with one attached hydrogen (secondary N) is 1. The van der Waals surface area contributed by atoms with E-state index in [9.17, 15) is 4.79 Å². The van der Waals surface area contributed by atoms with E-state index < -0.39 is 0 Å². The normalized spacial score (nSPS) is 20.5. The molecule has 4 rings (SSSR count). The lowest BCUT2D eigenvalue weighted by Crippen LogP contribution is -2.20. The third-order valence-corrected chi connectivity index (χ3v) is 4.66. The predicted octanol–water partition coefficient (Wildman–Crippen LogP) is 3.19. The van der Waals surface area contributed by atoms with Gasteiger partial charge in [0.2, 0.25) is 0 Å². The molecular weight excluding hydrogens is 276 g/mol. The first-order chi connectivity index (χ1) is 10.8. The molecular formula is C18H20N2O2. The summed E-state index contributed by atoms with van der Waals surface area (Å²) >= 11 is 0. The number of carbonyl (C=O) groups is 1. The van der Waals surface area contributed by atoms with Crippen molar-refractivity contribution < 1.29 is 9.53 Å². The molecule has 1 unspecified atom stereocenters. The number of hydrogen-bond donors (Lipinski definition) is 1. The molecule has 1 heterocycles. The zero-order chi connectivity index (χ0) is 14.9. The second-order valence-corrected chi connectivity index (χ2v) is 6.41. The average Bonchev–Trinajstić information content (AvgIpc) is 3.30. The Morgan fingerprint density at radius 1 is 1.23 bits per heavy atom. The van der Waals surface area contributed by atoms with Crippen LogP contribution >= 0.6 is 0 Å². The first-order valence-electron chi connectivity index (χ1n) is 8.08. The maximum Gasteiger partial charge on any atom is 0.165 e. The minimum Gasteiger partial charge on any atom is -0.493 e. The Kier molecular flexibility index (Phi) is 3.45. The molecule has 1 fully saturated rings. The molecule has 1 aromatic carbocycles. The van der Waals surface area contributed by atoms with Crippen LogP contribution in [0.1, 0.15) is 41.0 Å². The first kappa shape index (κ1) is 13.6. The van der Waals surface area contributed by atoms with Crippen LogP contribution in [0.15, 0.2) is 30.6 Å². The van der Waals surface area contributed by atoms with Crippen LogP contribution in [-0.2, 0) is 12.8 Å². The lowest BCUT2D eigenvalue weighted by Gasteiger charge is -2.21. The minimum absolute atomic E-state index is 0.276. The number of aromatic amines is 1. The molecule has 0 saturated heterocycles. The van der Waals surface area contributed by atoms with Crippen molar-refractivity contribution in [3.63, 3.8) is 0 Å². The van der Waals surface area contributed by atoms with E-state index in [1.54, 1.807) is 6.33 Å². The third kappa shape index (κ3) is 2.78. The number of H-pyrrole nitrogens is 1. The van der Waals surface area contributed by atoms with Crippen molar-refractivity contribution in [2.75, 3.05) is 6.61 Å². The summed E-state index contributed by atoms with van der Waals surface area (Å²) in [5, 5.41) is 0. The molecule has 2 aromatic rings. The number of nitrogens with zero attached hydrogens (tertiary/aromatic N) is 1. The zero-order valence-corrected chi connectivity index (χ0v) is 12.5. The highest BCUT2D eigenvalue weighted by Gasteiger charge is 2.30. The molecule has 1 saturated carbocycles. The number of ketones is 1. The Hall–Kier alpha value is -2.10. The summed E-state index contributed by atoms with van der Waals surface area (Å²) in [5.41, 5.74) is 3.28. The number of ether oxygens (including phenoxy) is 1. The van der Waals surface area contributed by atoms with Crippen LogP contribution in [-0.4, -0.2) is 22.4 Å². The molecule has 22 heavy (non-hydrogen) atoms. The zero-order valence-electron chi connectivity index (χ0n) is 12.5. The molecule has 0 radical (unpaired) electrons. The number of imidazole rings is 1. The number of benzene rings is 1. The summed E-state index contributed by atoms with van der Waals surface area (Å²) in [5.74, 6) is 1.94. The van der Waals surface area contributed by atoms with Crippen LogP contribution in [0, 0.1) is 11.8 Å². The number of aromatic nitrogens is 2. The number of fused-ring (bicyclic) bond motifs is 1. The summed E-state index contributed by atoms with van der Waals surface area (Å²) in [6, 6.07) is 7.62. The van der Waals surface area contributed by atoms with Gasteiger partial charge in [-0.05, 0) is 62.3 Å².